The number of ether oxygens (including phenoxy) is 1. The van der Waals surface area contributed by atoms with E-state index < -0.39 is 0 Å². The molecule has 0 aliphatic carbocycles. The van der Waals surface area contributed by atoms with Gasteiger partial charge in [-0.25, -0.2) is 9.37 Å². The van der Waals surface area contributed by atoms with Crippen molar-refractivity contribution in [2.24, 2.45) is 5.73 Å². The molecule has 0 aliphatic rings. The van der Waals surface area contributed by atoms with Crippen molar-refractivity contribution in [1.82, 2.24) is 14.5 Å². The lowest BCUT2D eigenvalue weighted by molar-refractivity contribution is 0.467. The summed E-state index contributed by atoms with van der Waals surface area (Å²) < 4.78 is 21.0. The molecule has 0 amide bonds. The van der Waals surface area contributed by atoms with Crippen LogP contribution in [0.25, 0.3) is 10.9 Å². The van der Waals surface area contributed by atoms with Crippen molar-refractivity contribution in [2.45, 2.75) is 13.1 Å². The van der Waals surface area contributed by atoms with E-state index in [0.29, 0.717) is 19.0 Å². The molecule has 0 saturated carbocycles. The van der Waals surface area contributed by atoms with E-state index in [-0.39, 0.29) is 5.82 Å². The zero-order chi connectivity index (χ0) is 17.9. The zero-order valence-corrected chi connectivity index (χ0v) is 14.0. The van der Waals surface area contributed by atoms with Crippen LogP contribution in [-0.4, -0.2) is 14.5 Å². The molecule has 3 aromatic heterocycles. The lowest BCUT2D eigenvalue weighted by Gasteiger charge is -2.09. The van der Waals surface area contributed by atoms with Crippen LogP contribution >= 0.6 is 0 Å². The minimum absolute atomic E-state index is 0.339. The van der Waals surface area contributed by atoms with Crippen molar-refractivity contribution in [3.05, 3.63) is 84.2 Å². The van der Waals surface area contributed by atoms with Crippen molar-refractivity contribution < 1.29 is 9.13 Å². The standard InChI is InChI=1S/C20H17FN4O/c21-15-4-5-16(24-12-15)13-25-9-7-17-18(25)2-1-3-19(17)26-20-10-14(11-22)6-8-23-20/h1-10,12H,11,13,22H2. The van der Waals surface area contributed by atoms with Gasteiger partial charge in [-0.1, -0.05) is 6.07 Å². The molecule has 6 heteroatoms. The summed E-state index contributed by atoms with van der Waals surface area (Å²) in [6.45, 7) is 0.984. The molecular weight excluding hydrogens is 331 g/mol. The van der Waals surface area contributed by atoms with Crippen LogP contribution in [0.3, 0.4) is 0 Å². The Morgan fingerprint density at radius 2 is 2.00 bits per heavy atom. The predicted octanol–water partition coefficient (Wildman–Crippen LogP) is 3.87. The average Bonchev–Trinajstić information content (AvgIpc) is 3.08. The lowest BCUT2D eigenvalue weighted by Crippen LogP contribution is -2.00. The molecule has 0 unspecified atom stereocenters. The number of aromatic nitrogens is 3. The van der Waals surface area contributed by atoms with Crippen LogP contribution in [0.5, 0.6) is 11.6 Å². The molecule has 0 saturated heterocycles. The zero-order valence-electron chi connectivity index (χ0n) is 14.0. The van der Waals surface area contributed by atoms with Gasteiger partial charge in [-0.05, 0) is 42.0 Å². The van der Waals surface area contributed by atoms with Gasteiger partial charge in [0.2, 0.25) is 5.88 Å². The third-order valence-electron chi connectivity index (χ3n) is 4.14. The Morgan fingerprint density at radius 3 is 2.81 bits per heavy atom. The van der Waals surface area contributed by atoms with Crippen molar-refractivity contribution >= 4 is 10.9 Å². The first-order valence-corrected chi connectivity index (χ1v) is 8.24. The smallest absolute Gasteiger partial charge is 0.219 e. The van der Waals surface area contributed by atoms with Gasteiger partial charge in [-0.2, -0.15) is 0 Å². The number of nitrogens with two attached hydrogens (primary N) is 1. The molecule has 2 N–H and O–H groups in total. The molecule has 0 spiro atoms. The van der Waals surface area contributed by atoms with Gasteiger partial charge in [-0.3, -0.25) is 4.98 Å². The minimum Gasteiger partial charge on any atom is -0.438 e. The highest BCUT2D eigenvalue weighted by Crippen LogP contribution is 2.30. The molecule has 3 heterocycles. The molecule has 4 rings (SSSR count). The molecule has 130 valence electrons. The minimum atomic E-state index is -0.339. The highest BCUT2D eigenvalue weighted by atomic mass is 19.1. The Kier molecular flexibility index (Phi) is 4.33. The summed E-state index contributed by atoms with van der Waals surface area (Å²) >= 11 is 0. The van der Waals surface area contributed by atoms with Crippen LogP contribution in [0.1, 0.15) is 11.3 Å². The highest BCUT2D eigenvalue weighted by Gasteiger charge is 2.09. The lowest BCUT2D eigenvalue weighted by atomic mass is 10.2. The van der Waals surface area contributed by atoms with E-state index in [0.717, 1.165) is 27.9 Å². The Balaban J connectivity index is 1.65. The molecule has 0 fully saturated rings. The normalized spacial score (nSPS) is 11.0. The van der Waals surface area contributed by atoms with Gasteiger partial charge in [-0.15, -0.1) is 0 Å². The van der Waals surface area contributed by atoms with Gasteiger partial charge in [0.25, 0.3) is 0 Å². The van der Waals surface area contributed by atoms with Gasteiger partial charge in [0.1, 0.15) is 11.6 Å². The molecule has 5 nitrogen and oxygen atoms in total. The van der Waals surface area contributed by atoms with E-state index in [1.807, 2.05) is 47.2 Å². The fourth-order valence-electron chi connectivity index (χ4n) is 2.84. The van der Waals surface area contributed by atoms with E-state index in [2.05, 4.69) is 9.97 Å². The third-order valence-corrected chi connectivity index (χ3v) is 4.14. The number of benzene rings is 1. The summed E-state index contributed by atoms with van der Waals surface area (Å²) in [4.78, 5) is 8.36. The number of hydrogen-bond acceptors (Lipinski definition) is 4. The Morgan fingerprint density at radius 1 is 1.08 bits per heavy atom. The van der Waals surface area contributed by atoms with Gasteiger partial charge in [0.05, 0.1) is 24.0 Å². The van der Waals surface area contributed by atoms with E-state index >= 15 is 0 Å². The van der Waals surface area contributed by atoms with Crippen molar-refractivity contribution in [3.63, 3.8) is 0 Å². The second-order valence-electron chi connectivity index (χ2n) is 5.91. The second kappa shape index (κ2) is 6.93. The topological polar surface area (TPSA) is 66.0 Å². The van der Waals surface area contributed by atoms with Crippen LogP contribution in [-0.2, 0) is 13.1 Å². The van der Waals surface area contributed by atoms with E-state index in [1.165, 1.54) is 12.3 Å². The number of rotatable bonds is 5. The second-order valence-corrected chi connectivity index (χ2v) is 5.91. The maximum atomic E-state index is 13.0. The summed E-state index contributed by atoms with van der Waals surface area (Å²) in [6, 6.07) is 14.6. The summed E-state index contributed by atoms with van der Waals surface area (Å²) in [5.41, 5.74) is 8.42. The molecule has 0 atom stereocenters. The van der Waals surface area contributed by atoms with Crippen LogP contribution in [0, 0.1) is 5.82 Å². The van der Waals surface area contributed by atoms with Gasteiger partial charge in [0, 0.05) is 30.4 Å². The molecule has 1 aromatic carbocycles. The van der Waals surface area contributed by atoms with Gasteiger partial charge in [0.15, 0.2) is 0 Å². The van der Waals surface area contributed by atoms with E-state index in [4.69, 9.17) is 10.5 Å². The van der Waals surface area contributed by atoms with E-state index in [9.17, 15) is 4.39 Å². The SMILES string of the molecule is NCc1ccnc(Oc2cccc3c2ccn3Cc2ccc(F)cn2)c1. The van der Waals surface area contributed by atoms with Crippen LogP contribution in [0.2, 0.25) is 0 Å². The largest absolute Gasteiger partial charge is 0.438 e. The van der Waals surface area contributed by atoms with Crippen LogP contribution < -0.4 is 10.5 Å². The van der Waals surface area contributed by atoms with Crippen molar-refractivity contribution in [2.75, 3.05) is 0 Å². The van der Waals surface area contributed by atoms with Crippen molar-refractivity contribution in [1.29, 1.82) is 0 Å². The number of halogens is 1. The molecule has 26 heavy (non-hydrogen) atoms. The molecular formula is C20H17FN4O. The maximum Gasteiger partial charge on any atom is 0.219 e. The molecule has 4 aromatic rings. The molecule has 0 radical (unpaired) electrons. The third kappa shape index (κ3) is 3.27. The molecule has 0 aliphatic heterocycles. The van der Waals surface area contributed by atoms with Gasteiger partial charge >= 0.3 is 0 Å². The average molecular weight is 348 g/mol. The Bertz CT molecular complexity index is 1040. The van der Waals surface area contributed by atoms with Crippen LogP contribution in [0.15, 0.2) is 67.1 Å². The number of hydrogen-bond donors (Lipinski definition) is 1. The number of fused-ring (bicyclic) bond motifs is 1. The first-order valence-electron chi connectivity index (χ1n) is 8.24. The predicted molar refractivity (Wildman–Crippen MR) is 97.4 cm³/mol. The highest BCUT2D eigenvalue weighted by molar-refractivity contribution is 5.86. The number of pyridine rings is 2. The van der Waals surface area contributed by atoms with E-state index in [1.54, 1.807) is 12.3 Å². The first-order chi connectivity index (χ1) is 12.7. The Hall–Kier alpha value is -3.25. The Labute approximate surface area is 149 Å². The monoisotopic (exact) mass is 348 g/mol. The summed E-state index contributed by atoms with van der Waals surface area (Å²) in [5.74, 6) is 0.886. The summed E-state index contributed by atoms with van der Waals surface area (Å²) in [7, 11) is 0. The maximum absolute atomic E-state index is 13.0. The van der Waals surface area contributed by atoms with Crippen molar-refractivity contribution in [3.8, 4) is 11.6 Å². The van der Waals surface area contributed by atoms with Crippen LogP contribution in [0.4, 0.5) is 4.39 Å². The fraction of sp³-hybridized carbons (Fsp3) is 0.100. The number of nitrogens with zero attached hydrogens (tertiary/aromatic N) is 3. The summed E-state index contributed by atoms with van der Waals surface area (Å²) in [6.07, 6.45) is 4.88. The first kappa shape index (κ1) is 16.2. The quantitative estimate of drug-likeness (QED) is 0.594. The summed E-state index contributed by atoms with van der Waals surface area (Å²) in [5, 5.41) is 0.967. The molecule has 0 bridgehead atoms. The van der Waals surface area contributed by atoms with Gasteiger partial charge < -0.3 is 15.0 Å². The fourth-order valence-corrected chi connectivity index (χ4v) is 2.84.